The van der Waals surface area contributed by atoms with Gasteiger partial charge in [0.15, 0.2) is 5.69 Å². The first-order valence-corrected chi connectivity index (χ1v) is 8.28. The lowest BCUT2D eigenvalue weighted by atomic mass is 10.1. The minimum Gasteiger partial charge on any atom is -0.477 e. The average molecular weight is 304 g/mol. The van der Waals surface area contributed by atoms with Gasteiger partial charge in [-0.1, -0.05) is 25.8 Å². The molecular weight excluding hydrogens is 280 g/mol. The van der Waals surface area contributed by atoms with Crippen LogP contribution in [0.2, 0.25) is 0 Å². The van der Waals surface area contributed by atoms with E-state index in [9.17, 15) is 4.79 Å². The van der Waals surface area contributed by atoms with Gasteiger partial charge in [0.1, 0.15) is 5.82 Å². The third-order valence-electron chi connectivity index (χ3n) is 4.50. The summed E-state index contributed by atoms with van der Waals surface area (Å²) >= 11 is 0. The van der Waals surface area contributed by atoms with Gasteiger partial charge in [-0.05, 0) is 37.3 Å². The summed E-state index contributed by atoms with van der Waals surface area (Å²) < 4.78 is 6.26. The van der Waals surface area contributed by atoms with Crippen LogP contribution in [-0.2, 0) is 4.74 Å². The smallest absolute Gasteiger partial charge is 0.354 e. The second-order valence-corrected chi connectivity index (χ2v) is 6.37. The monoisotopic (exact) mass is 304 g/mol. The summed E-state index contributed by atoms with van der Waals surface area (Å²) in [5.74, 6) is 0.460. The fraction of sp³-hybridized carbons (Fsp3) is 0.647. The topological polar surface area (TPSA) is 62.7 Å². The van der Waals surface area contributed by atoms with Crippen LogP contribution in [0.4, 0.5) is 5.82 Å². The number of nitrogens with zero attached hydrogens (tertiary/aromatic N) is 2. The van der Waals surface area contributed by atoms with E-state index < -0.39 is 5.97 Å². The second-order valence-electron chi connectivity index (χ2n) is 6.37. The van der Waals surface area contributed by atoms with Crippen molar-refractivity contribution >= 4 is 11.8 Å². The second kappa shape index (κ2) is 6.65. The first-order valence-electron chi connectivity index (χ1n) is 8.28. The largest absolute Gasteiger partial charge is 0.477 e. The fourth-order valence-electron chi connectivity index (χ4n) is 3.10. The van der Waals surface area contributed by atoms with Crippen molar-refractivity contribution < 1.29 is 14.6 Å². The molecule has 1 saturated carbocycles. The summed E-state index contributed by atoms with van der Waals surface area (Å²) in [7, 11) is 0. The minimum atomic E-state index is -0.976. The van der Waals surface area contributed by atoms with E-state index in [-0.39, 0.29) is 17.9 Å². The van der Waals surface area contributed by atoms with E-state index in [0.29, 0.717) is 5.92 Å². The fourth-order valence-corrected chi connectivity index (χ4v) is 3.10. The van der Waals surface area contributed by atoms with Gasteiger partial charge in [-0.25, -0.2) is 9.78 Å². The van der Waals surface area contributed by atoms with Gasteiger partial charge in [0, 0.05) is 13.1 Å². The molecule has 0 aromatic carbocycles. The van der Waals surface area contributed by atoms with Crippen LogP contribution in [0.3, 0.4) is 0 Å². The minimum absolute atomic E-state index is 0.108. The van der Waals surface area contributed by atoms with Gasteiger partial charge < -0.3 is 14.7 Å². The molecule has 3 rings (SSSR count). The number of rotatable bonds is 6. The van der Waals surface area contributed by atoms with Crippen molar-refractivity contribution in [2.75, 3.05) is 18.0 Å². The molecule has 1 aliphatic heterocycles. The number of aromatic nitrogens is 1. The van der Waals surface area contributed by atoms with E-state index in [1.807, 2.05) is 6.07 Å². The molecule has 22 heavy (non-hydrogen) atoms. The Morgan fingerprint density at radius 1 is 1.41 bits per heavy atom. The molecule has 0 unspecified atom stereocenters. The van der Waals surface area contributed by atoms with Gasteiger partial charge in [-0.15, -0.1) is 0 Å². The lowest BCUT2D eigenvalue weighted by Crippen LogP contribution is -2.49. The summed E-state index contributed by atoms with van der Waals surface area (Å²) in [5, 5.41) is 9.12. The molecule has 2 atom stereocenters. The van der Waals surface area contributed by atoms with Gasteiger partial charge in [-0.3, -0.25) is 0 Å². The molecule has 1 aromatic heterocycles. The van der Waals surface area contributed by atoms with E-state index in [0.717, 1.165) is 25.3 Å². The molecular formula is C17H24N2O3. The van der Waals surface area contributed by atoms with Gasteiger partial charge in [-0.2, -0.15) is 0 Å². The van der Waals surface area contributed by atoms with Crippen LogP contribution in [0, 0.1) is 5.92 Å². The zero-order valence-corrected chi connectivity index (χ0v) is 13.1. The lowest BCUT2D eigenvalue weighted by Gasteiger charge is -2.39. The van der Waals surface area contributed by atoms with Crippen LogP contribution in [0.25, 0.3) is 0 Å². The zero-order valence-electron chi connectivity index (χ0n) is 13.1. The van der Waals surface area contributed by atoms with E-state index >= 15 is 0 Å². The first-order chi connectivity index (χ1) is 10.7. The Balaban J connectivity index is 1.75. The summed E-state index contributed by atoms with van der Waals surface area (Å²) in [6, 6.07) is 5.21. The molecule has 0 amide bonds. The Kier molecular flexibility index (Phi) is 4.62. The number of carboxylic acids is 1. The predicted octanol–water partition coefficient (Wildman–Crippen LogP) is 2.95. The maximum Gasteiger partial charge on any atom is 0.354 e. The molecule has 5 nitrogen and oxygen atoms in total. The summed E-state index contributed by atoms with van der Waals surface area (Å²) in [6.45, 7) is 3.82. The Bertz CT molecular complexity index is 530. The van der Waals surface area contributed by atoms with Crippen molar-refractivity contribution in [1.82, 2.24) is 4.98 Å². The highest BCUT2D eigenvalue weighted by Crippen LogP contribution is 2.37. The number of ether oxygens (including phenoxy) is 1. The molecule has 2 heterocycles. The zero-order chi connectivity index (χ0) is 15.5. The molecule has 2 fully saturated rings. The molecule has 0 bridgehead atoms. The van der Waals surface area contributed by atoms with E-state index in [4.69, 9.17) is 9.84 Å². The molecule has 2 aliphatic rings. The normalized spacial score (nSPS) is 25.2. The third kappa shape index (κ3) is 3.58. The van der Waals surface area contributed by atoms with Crippen LogP contribution >= 0.6 is 0 Å². The summed E-state index contributed by atoms with van der Waals surface area (Å²) in [6.07, 6.45) is 6.40. The molecule has 0 radical (unpaired) electrons. The van der Waals surface area contributed by atoms with Crippen molar-refractivity contribution in [3.05, 3.63) is 23.9 Å². The molecule has 0 spiro atoms. The SMILES string of the molecule is CCCC[C@@H]1CN(c2cccc(C(=O)O)n2)C[C@H](C2CC2)O1. The lowest BCUT2D eigenvalue weighted by molar-refractivity contribution is -0.0411. The van der Waals surface area contributed by atoms with Crippen LogP contribution in [0.15, 0.2) is 18.2 Å². The molecule has 1 N–H and O–H groups in total. The molecule has 120 valence electrons. The van der Waals surface area contributed by atoms with Crippen LogP contribution < -0.4 is 4.90 Å². The van der Waals surface area contributed by atoms with Gasteiger partial charge in [0.25, 0.3) is 0 Å². The predicted molar refractivity (Wildman–Crippen MR) is 84.3 cm³/mol. The molecule has 5 heteroatoms. The Morgan fingerprint density at radius 3 is 2.91 bits per heavy atom. The van der Waals surface area contributed by atoms with Crippen molar-refractivity contribution in [3.8, 4) is 0 Å². The molecule has 1 aromatic rings. The standard InChI is InChI=1S/C17H24N2O3/c1-2-3-5-13-10-19(11-15(22-13)12-8-9-12)16-7-4-6-14(18-16)17(20)21/h4,6-7,12-13,15H,2-3,5,8-11H2,1H3,(H,20,21)/t13-,15-/m1/s1. The number of hydrogen-bond acceptors (Lipinski definition) is 4. The number of aromatic carboxylic acids is 1. The van der Waals surface area contributed by atoms with Crippen molar-refractivity contribution in [3.63, 3.8) is 0 Å². The van der Waals surface area contributed by atoms with Crippen molar-refractivity contribution in [1.29, 1.82) is 0 Å². The quantitative estimate of drug-likeness (QED) is 0.875. The van der Waals surface area contributed by atoms with Gasteiger partial charge in [0.05, 0.1) is 12.2 Å². The molecule has 1 aliphatic carbocycles. The number of hydrogen-bond donors (Lipinski definition) is 1. The average Bonchev–Trinajstić information content (AvgIpc) is 3.37. The number of pyridine rings is 1. The number of unbranched alkanes of at least 4 members (excludes halogenated alkanes) is 1. The number of morpholine rings is 1. The third-order valence-corrected chi connectivity index (χ3v) is 4.50. The number of carboxylic acid groups (broad SMARTS) is 1. The van der Waals surface area contributed by atoms with E-state index in [2.05, 4.69) is 16.8 Å². The van der Waals surface area contributed by atoms with Crippen molar-refractivity contribution in [2.45, 2.75) is 51.2 Å². The van der Waals surface area contributed by atoms with E-state index in [1.54, 1.807) is 12.1 Å². The van der Waals surface area contributed by atoms with Crippen molar-refractivity contribution in [2.24, 2.45) is 5.92 Å². The first kappa shape index (κ1) is 15.3. The molecule has 1 saturated heterocycles. The highest BCUT2D eigenvalue weighted by Gasteiger charge is 2.38. The van der Waals surface area contributed by atoms with Gasteiger partial charge >= 0.3 is 5.97 Å². The number of carbonyl (C=O) groups is 1. The van der Waals surface area contributed by atoms with Crippen LogP contribution in [0.5, 0.6) is 0 Å². The number of anilines is 1. The Morgan fingerprint density at radius 2 is 2.23 bits per heavy atom. The maximum absolute atomic E-state index is 11.1. The highest BCUT2D eigenvalue weighted by molar-refractivity contribution is 5.85. The Labute approximate surface area is 131 Å². The van der Waals surface area contributed by atoms with Gasteiger partial charge in [0.2, 0.25) is 0 Å². The summed E-state index contributed by atoms with van der Waals surface area (Å²) in [5.41, 5.74) is 0.108. The Hall–Kier alpha value is -1.62. The maximum atomic E-state index is 11.1. The van der Waals surface area contributed by atoms with Crippen LogP contribution in [0.1, 0.15) is 49.5 Å². The van der Waals surface area contributed by atoms with Crippen LogP contribution in [-0.4, -0.2) is 41.4 Å². The summed E-state index contributed by atoms with van der Waals surface area (Å²) in [4.78, 5) is 17.6. The highest BCUT2D eigenvalue weighted by atomic mass is 16.5. The van der Waals surface area contributed by atoms with E-state index in [1.165, 1.54) is 25.7 Å².